The second-order valence-electron chi connectivity index (χ2n) is 6.44. The van der Waals surface area contributed by atoms with Gasteiger partial charge in [0, 0.05) is 18.1 Å². The molecule has 1 aromatic heterocycles. The Morgan fingerprint density at radius 2 is 2.24 bits per heavy atom. The minimum Gasteiger partial charge on any atom is -0.468 e. The van der Waals surface area contributed by atoms with Crippen LogP contribution in [-0.2, 0) is 4.74 Å². The average Bonchev–Trinajstić information content (AvgIpc) is 3.05. The molecule has 0 radical (unpaired) electrons. The van der Waals surface area contributed by atoms with Crippen LogP contribution in [0, 0.1) is 5.41 Å². The Hall–Kier alpha value is -0.840. The number of rotatable bonds is 6. The summed E-state index contributed by atoms with van der Waals surface area (Å²) < 4.78 is 11.4. The molecule has 4 heteroatoms. The quantitative estimate of drug-likeness (QED) is 0.846. The summed E-state index contributed by atoms with van der Waals surface area (Å²) in [6.45, 7) is 2.94. The first-order valence-electron chi connectivity index (χ1n) is 8.32. The van der Waals surface area contributed by atoms with Crippen molar-refractivity contribution in [3.05, 3.63) is 24.2 Å². The number of ether oxygens (including phenoxy) is 1. The molecule has 3 unspecified atom stereocenters. The van der Waals surface area contributed by atoms with Crippen LogP contribution in [0.25, 0.3) is 0 Å². The van der Waals surface area contributed by atoms with Gasteiger partial charge in [0.05, 0.1) is 25.0 Å². The molecule has 0 amide bonds. The van der Waals surface area contributed by atoms with Gasteiger partial charge < -0.3 is 19.6 Å². The van der Waals surface area contributed by atoms with Gasteiger partial charge >= 0.3 is 0 Å². The molecule has 21 heavy (non-hydrogen) atoms. The van der Waals surface area contributed by atoms with Crippen molar-refractivity contribution in [3.63, 3.8) is 0 Å². The molecular formula is C17H27NO3. The third-order valence-corrected chi connectivity index (χ3v) is 5.41. The third-order valence-electron chi connectivity index (χ3n) is 5.41. The average molecular weight is 293 g/mol. The molecule has 3 atom stereocenters. The maximum atomic E-state index is 9.67. The first-order chi connectivity index (χ1) is 10.3. The van der Waals surface area contributed by atoms with Crippen LogP contribution in [0.15, 0.2) is 22.8 Å². The van der Waals surface area contributed by atoms with E-state index in [0.29, 0.717) is 12.1 Å². The van der Waals surface area contributed by atoms with Crippen molar-refractivity contribution in [3.8, 4) is 0 Å². The summed E-state index contributed by atoms with van der Waals surface area (Å²) in [5, 5.41) is 13.3. The highest BCUT2D eigenvalue weighted by atomic mass is 16.5. The highest BCUT2D eigenvalue weighted by Crippen LogP contribution is 2.53. The Morgan fingerprint density at radius 1 is 1.43 bits per heavy atom. The second-order valence-corrected chi connectivity index (χ2v) is 6.44. The Balaban J connectivity index is 1.69. The van der Waals surface area contributed by atoms with Crippen LogP contribution in [0.5, 0.6) is 0 Å². The molecule has 2 N–H and O–H groups in total. The van der Waals surface area contributed by atoms with Crippen molar-refractivity contribution in [2.75, 3.05) is 13.2 Å². The lowest BCUT2D eigenvalue weighted by molar-refractivity contribution is -0.153. The Morgan fingerprint density at radius 3 is 2.86 bits per heavy atom. The van der Waals surface area contributed by atoms with E-state index in [2.05, 4.69) is 12.2 Å². The van der Waals surface area contributed by atoms with Gasteiger partial charge in [-0.2, -0.15) is 0 Å². The number of aliphatic hydroxyl groups is 1. The zero-order chi connectivity index (χ0) is 14.7. The molecule has 1 heterocycles. The van der Waals surface area contributed by atoms with Crippen molar-refractivity contribution < 1.29 is 14.3 Å². The number of nitrogens with one attached hydrogen (secondary N) is 1. The lowest BCUT2D eigenvalue weighted by Gasteiger charge is -2.58. The number of furan rings is 1. The van der Waals surface area contributed by atoms with Gasteiger partial charge in [-0.05, 0) is 38.3 Å². The third kappa shape index (κ3) is 2.77. The molecule has 3 rings (SSSR count). The summed E-state index contributed by atoms with van der Waals surface area (Å²) in [6, 6.07) is 4.13. The van der Waals surface area contributed by atoms with Gasteiger partial charge in [-0.3, -0.25) is 0 Å². The van der Waals surface area contributed by atoms with Crippen LogP contribution in [0.1, 0.15) is 57.3 Å². The fourth-order valence-corrected chi connectivity index (χ4v) is 4.25. The molecule has 2 aliphatic rings. The van der Waals surface area contributed by atoms with Crippen LogP contribution in [0.3, 0.4) is 0 Å². The fourth-order valence-electron chi connectivity index (χ4n) is 4.25. The van der Waals surface area contributed by atoms with Gasteiger partial charge in [-0.25, -0.2) is 0 Å². The standard InChI is InChI=1S/C17H27NO3/c1-2-20-16-11-15(17(16)8-4-3-5-9-17)18-13(12-19)14-7-6-10-21-14/h6-7,10,13,15-16,18-19H,2-5,8-9,11-12H2,1H3. The van der Waals surface area contributed by atoms with Crippen molar-refractivity contribution >= 4 is 0 Å². The van der Waals surface area contributed by atoms with Gasteiger partial charge in [-0.1, -0.05) is 19.3 Å². The van der Waals surface area contributed by atoms with Crippen LogP contribution < -0.4 is 5.32 Å². The zero-order valence-corrected chi connectivity index (χ0v) is 12.9. The van der Waals surface area contributed by atoms with E-state index in [-0.39, 0.29) is 18.1 Å². The van der Waals surface area contributed by atoms with E-state index in [1.165, 1.54) is 32.1 Å². The summed E-state index contributed by atoms with van der Waals surface area (Å²) in [4.78, 5) is 0. The first-order valence-corrected chi connectivity index (χ1v) is 8.32. The molecule has 2 saturated carbocycles. The van der Waals surface area contributed by atoms with E-state index in [1.54, 1.807) is 6.26 Å². The van der Waals surface area contributed by atoms with E-state index in [4.69, 9.17) is 9.15 Å². The molecule has 1 spiro atoms. The molecular weight excluding hydrogens is 266 g/mol. The molecule has 0 aliphatic heterocycles. The minimum absolute atomic E-state index is 0.0688. The molecule has 0 bridgehead atoms. The van der Waals surface area contributed by atoms with Crippen LogP contribution >= 0.6 is 0 Å². The highest BCUT2D eigenvalue weighted by molar-refractivity contribution is 5.12. The Labute approximate surface area is 126 Å². The maximum absolute atomic E-state index is 9.67. The molecule has 2 aliphatic carbocycles. The second kappa shape index (κ2) is 6.51. The first kappa shape index (κ1) is 15.1. The summed E-state index contributed by atoms with van der Waals surface area (Å²) in [5.74, 6) is 0.823. The van der Waals surface area contributed by atoms with Gasteiger partial charge in [0.1, 0.15) is 5.76 Å². The monoisotopic (exact) mass is 293 g/mol. The van der Waals surface area contributed by atoms with Gasteiger partial charge in [-0.15, -0.1) is 0 Å². The fraction of sp³-hybridized carbons (Fsp3) is 0.765. The number of aliphatic hydroxyl groups excluding tert-OH is 1. The Kier molecular flexibility index (Phi) is 4.67. The lowest BCUT2D eigenvalue weighted by atomic mass is 9.55. The summed E-state index contributed by atoms with van der Waals surface area (Å²) in [5.41, 5.74) is 0.272. The van der Waals surface area contributed by atoms with E-state index in [9.17, 15) is 5.11 Å². The molecule has 1 aromatic rings. The topological polar surface area (TPSA) is 54.6 Å². The van der Waals surface area contributed by atoms with Gasteiger partial charge in [0.15, 0.2) is 0 Å². The van der Waals surface area contributed by atoms with Gasteiger partial charge in [0.2, 0.25) is 0 Å². The highest BCUT2D eigenvalue weighted by Gasteiger charge is 2.55. The van der Waals surface area contributed by atoms with Gasteiger partial charge in [0.25, 0.3) is 0 Å². The molecule has 0 aromatic carbocycles. The normalized spacial score (nSPS) is 29.2. The maximum Gasteiger partial charge on any atom is 0.123 e. The number of hydrogen-bond acceptors (Lipinski definition) is 4. The van der Waals surface area contributed by atoms with Crippen molar-refractivity contribution in [1.29, 1.82) is 0 Å². The summed E-state index contributed by atoms with van der Waals surface area (Å²) >= 11 is 0. The van der Waals surface area contributed by atoms with Crippen LogP contribution in [0.2, 0.25) is 0 Å². The van der Waals surface area contributed by atoms with Crippen LogP contribution in [0.4, 0.5) is 0 Å². The Bertz CT molecular complexity index is 425. The van der Waals surface area contributed by atoms with E-state index < -0.39 is 0 Å². The smallest absolute Gasteiger partial charge is 0.123 e. The minimum atomic E-state index is -0.105. The molecule has 2 fully saturated rings. The predicted octanol–water partition coefficient (Wildman–Crippen LogP) is 3.03. The van der Waals surface area contributed by atoms with E-state index in [1.807, 2.05) is 12.1 Å². The van der Waals surface area contributed by atoms with E-state index in [0.717, 1.165) is 18.8 Å². The molecule has 0 saturated heterocycles. The predicted molar refractivity (Wildman–Crippen MR) is 81.0 cm³/mol. The largest absolute Gasteiger partial charge is 0.468 e. The van der Waals surface area contributed by atoms with Crippen molar-refractivity contribution in [2.45, 2.75) is 63.6 Å². The number of hydrogen-bond donors (Lipinski definition) is 2. The summed E-state index contributed by atoms with van der Waals surface area (Å²) in [7, 11) is 0. The molecule has 4 nitrogen and oxygen atoms in total. The summed E-state index contributed by atoms with van der Waals surface area (Å²) in [6.07, 6.45) is 9.52. The SMILES string of the molecule is CCOC1CC(NC(CO)c2ccco2)C12CCCCC2. The van der Waals surface area contributed by atoms with Crippen LogP contribution in [-0.4, -0.2) is 30.5 Å². The van der Waals surface area contributed by atoms with E-state index >= 15 is 0 Å². The zero-order valence-electron chi connectivity index (χ0n) is 12.9. The van der Waals surface area contributed by atoms with Crippen molar-refractivity contribution in [1.82, 2.24) is 5.32 Å². The molecule has 118 valence electrons. The van der Waals surface area contributed by atoms with Crippen molar-refractivity contribution in [2.24, 2.45) is 5.41 Å². The lowest BCUT2D eigenvalue weighted by Crippen LogP contribution is -2.65.